The second-order valence-electron chi connectivity index (χ2n) is 8.74. The quantitative estimate of drug-likeness (QED) is 0.421. The van der Waals surface area contributed by atoms with Gasteiger partial charge in [-0.2, -0.15) is 8.42 Å². The van der Waals surface area contributed by atoms with E-state index in [0.29, 0.717) is 5.56 Å². The van der Waals surface area contributed by atoms with Crippen molar-refractivity contribution in [1.29, 1.82) is 0 Å². The largest absolute Gasteiger partial charge is 0.463 e. The highest BCUT2D eigenvalue weighted by molar-refractivity contribution is 7.87. The molecule has 2 aromatic carbocycles. The van der Waals surface area contributed by atoms with Gasteiger partial charge in [0.1, 0.15) is 16.2 Å². The fraction of sp³-hybridized carbons (Fsp3) is 0.417. The number of amides is 1. The van der Waals surface area contributed by atoms with Gasteiger partial charge in [-0.3, -0.25) is 4.79 Å². The van der Waals surface area contributed by atoms with E-state index in [0.717, 1.165) is 0 Å². The number of carbonyl (C=O) groups excluding carboxylic acids is 2. The first-order valence-electron chi connectivity index (χ1n) is 10.6. The Morgan fingerprint density at radius 2 is 1.58 bits per heavy atom. The Hall–Kier alpha value is -3.07. The Balaban J connectivity index is 2.14. The minimum atomic E-state index is -3.97. The van der Waals surface area contributed by atoms with Crippen molar-refractivity contribution < 1.29 is 31.7 Å². The van der Waals surface area contributed by atoms with Crippen LogP contribution in [0.4, 0.5) is 4.79 Å². The van der Waals surface area contributed by atoms with Crippen LogP contribution in [-0.4, -0.2) is 38.7 Å². The number of hydrogen-bond donors (Lipinski definition) is 1. The fourth-order valence-corrected chi connectivity index (χ4v) is 3.85. The summed E-state index contributed by atoms with van der Waals surface area (Å²) in [5, 5.41) is 2.67. The summed E-state index contributed by atoms with van der Waals surface area (Å²) < 4.78 is 40.5. The van der Waals surface area contributed by atoms with Crippen molar-refractivity contribution in [2.45, 2.75) is 63.6 Å². The van der Waals surface area contributed by atoms with Gasteiger partial charge in [0, 0.05) is 12.5 Å². The average Bonchev–Trinajstić information content (AvgIpc) is 2.70. The maximum Gasteiger partial charge on any atom is 0.407 e. The van der Waals surface area contributed by atoms with Gasteiger partial charge in [-0.1, -0.05) is 30.3 Å². The van der Waals surface area contributed by atoms with Crippen molar-refractivity contribution in [2.75, 3.05) is 6.54 Å². The van der Waals surface area contributed by atoms with E-state index in [1.54, 1.807) is 65.0 Å². The Kier molecular flexibility index (Phi) is 8.87. The molecule has 1 amide bonds. The molecule has 1 unspecified atom stereocenters. The van der Waals surface area contributed by atoms with E-state index >= 15 is 0 Å². The van der Waals surface area contributed by atoms with E-state index in [9.17, 15) is 18.0 Å². The minimum Gasteiger partial charge on any atom is -0.463 e. The number of hydrogen-bond acceptors (Lipinski definition) is 7. The Bertz CT molecular complexity index is 1030. The predicted molar refractivity (Wildman–Crippen MR) is 124 cm³/mol. The molecule has 0 aliphatic heterocycles. The van der Waals surface area contributed by atoms with Crippen LogP contribution in [0.15, 0.2) is 59.5 Å². The molecule has 8 nitrogen and oxygen atoms in total. The second kappa shape index (κ2) is 11.2. The standard InChI is InChI=1S/C24H31NO7S/c1-17(2)30-22(26)15-19(16-25-23(27)31-24(3,4)5)18-11-13-20(14-12-18)32-33(28,29)21-9-7-6-8-10-21/h6-14,17,19H,15-16H2,1-5H3,(H,25,27). The number of alkyl carbamates (subject to hydrolysis) is 1. The summed E-state index contributed by atoms with van der Waals surface area (Å²) >= 11 is 0. The molecule has 0 radical (unpaired) electrons. The molecule has 9 heteroatoms. The first kappa shape index (κ1) is 26.2. The van der Waals surface area contributed by atoms with Gasteiger partial charge in [-0.05, 0) is 64.4 Å². The summed E-state index contributed by atoms with van der Waals surface area (Å²) in [6.07, 6.45) is -0.842. The maximum atomic E-state index is 12.4. The van der Waals surface area contributed by atoms with Crippen LogP contribution in [0.25, 0.3) is 0 Å². The molecule has 0 aromatic heterocycles. The summed E-state index contributed by atoms with van der Waals surface area (Å²) in [5.41, 5.74) is 0.0514. The molecular weight excluding hydrogens is 446 g/mol. The highest BCUT2D eigenvalue weighted by Gasteiger charge is 2.22. The summed E-state index contributed by atoms with van der Waals surface area (Å²) in [6.45, 7) is 8.91. The summed E-state index contributed by atoms with van der Waals surface area (Å²) in [7, 11) is -3.97. The lowest BCUT2D eigenvalue weighted by molar-refractivity contribution is -0.147. The third-order valence-electron chi connectivity index (χ3n) is 4.26. The van der Waals surface area contributed by atoms with Gasteiger partial charge >= 0.3 is 22.2 Å². The maximum absolute atomic E-state index is 12.4. The molecule has 1 atom stereocenters. The molecule has 1 N–H and O–H groups in total. The Labute approximate surface area is 195 Å². The molecule has 2 rings (SSSR count). The van der Waals surface area contributed by atoms with Gasteiger partial charge in [-0.25, -0.2) is 4.79 Å². The van der Waals surface area contributed by atoms with Gasteiger partial charge in [0.05, 0.1) is 12.5 Å². The monoisotopic (exact) mass is 477 g/mol. The molecule has 0 saturated heterocycles. The van der Waals surface area contributed by atoms with Gasteiger partial charge in [-0.15, -0.1) is 0 Å². The summed E-state index contributed by atoms with van der Waals surface area (Å²) in [5.74, 6) is -0.692. The summed E-state index contributed by atoms with van der Waals surface area (Å²) in [6, 6.07) is 14.1. The van der Waals surface area contributed by atoms with E-state index in [1.807, 2.05) is 0 Å². The van der Waals surface area contributed by atoms with Crippen LogP contribution in [0.2, 0.25) is 0 Å². The molecule has 0 aliphatic rings. The lowest BCUT2D eigenvalue weighted by Crippen LogP contribution is -2.35. The van der Waals surface area contributed by atoms with Crippen molar-refractivity contribution in [3.05, 3.63) is 60.2 Å². The van der Waals surface area contributed by atoms with Crippen molar-refractivity contribution in [3.63, 3.8) is 0 Å². The Morgan fingerprint density at radius 1 is 0.970 bits per heavy atom. The molecule has 0 saturated carbocycles. The zero-order chi connectivity index (χ0) is 24.6. The van der Waals surface area contributed by atoms with Gasteiger partial charge in [0.25, 0.3) is 0 Å². The number of carbonyl (C=O) groups is 2. The molecule has 0 spiro atoms. The van der Waals surface area contributed by atoms with Crippen molar-refractivity contribution in [3.8, 4) is 5.75 Å². The van der Waals surface area contributed by atoms with Gasteiger partial charge in [0.2, 0.25) is 0 Å². The topological polar surface area (TPSA) is 108 Å². The SMILES string of the molecule is CC(C)OC(=O)CC(CNC(=O)OC(C)(C)C)c1ccc(OS(=O)(=O)c2ccccc2)cc1. The van der Waals surface area contributed by atoms with E-state index in [-0.39, 0.29) is 29.7 Å². The lowest BCUT2D eigenvalue weighted by Gasteiger charge is -2.22. The van der Waals surface area contributed by atoms with Crippen LogP contribution in [0.1, 0.15) is 52.5 Å². The smallest absolute Gasteiger partial charge is 0.407 e. The molecule has 180 valence electrons. The third-order valence-corrected chi connectivity index (χ3v) is 5.52. The van der Waals surface area contributed by atoms with Crippen molar-refractivity contribution in [2.24, 2.45) is 0 Å². The Morgan fingerprint density at radius 3 is 2.12 bits per heavy atom. The minimum absolute atomic E-state index is 0.0243. The van der Waals surface area contributed by atoms with Gasteiger partial charge in [0.15, 0.2) is 0 Å². The fourth-order valence-electron chi connectivity index (χ4n) is 2.90. The molecule has 0 aliphatic carbocycles. The van der Waals surface area contributed by atoms with Gasteiger partial charge < -0.3 is 19.0 Å². The zero-order valence-corrected chi connectivity index (χ0v) is 20.3. The summed E-state index contributed by atoms with van der Waals surface area (Å²) in [4.78, 5) is 24.4. The van der Waals surface area contributed by atoms with Crippen molar-refractivity contribution >= 4 is 22.2 Å². The van der Waals surface area contributed by atoms with Crippen LogP contribution in [0.5, 0.6) is 5.75 Å². The zero-order valence-electron chi connectivity index (χ0n) is 19.5. The number of nitrogens with one attached hydrogen (secondary N) is 1. The van der Waals surface area contributed by atoms with E-state index < -0.39 is 33.7 Å². The molecule has 2 aromatic rings. The van der Waals surface area contributed by atoms with E-state index in [2.05, 4.69) is 5.32 Å². The van der Waals surface area contributed by atoms with Crippen LogP contribution in [0, 0.1) is 0 Å². The number of rotatable bonds is 9. The van der Waals surface area contributed by atoms with Crippen LogP contribution in [-0.2, 0) is 24.4 Å². The normalized spacial score (nSPS) is 12.7. The number of esters is 1. The molecule has 0 fully saturated rings. The van der Waals surface area contributed by atoms with Crippen LogP contribution >= 0.6 is 0 Å². The highest BCUT2D eigenvalue weighted by Crippen LogP contribution is 2.25. The predicted octanol–water partition coefficient (Wildman–Crippen LogP) is 4.40. The first-order chi connectivity index (χ1) is 15.4. The molecular formula is C24H31NO7S. The number of ether oxygens (including phenoxy) is 2. The van der Waals surface area contributed by atoms with Crippen LogP contribution < -0.4 is 9.50 Å². The first-order valence-corrected chi connectivity index (χ1v) is 12.0. The lowest BCUT2D eigenvalue weighted by atomic mass is 9.95. The van der Waals surface area contributed by atoms with Crippen LogP contribution in [0.3, 0.4) is 0 Å². The van der Waals surface area contributed by atoms with E-state index in [4.69, 9.17) is 13.7 Å². The molecule has 0 heterocycles. The number of benzene rings is 2. The molecule has 33 heavy (non-hydrogen) atoms. The molecule has 0 bridgehead atoms. The average molecular weight is 478 g/mol. The highest BCUT2D eigenvalue weighted by atomic mass is 32.2. The van der Waals surface area contributed by atoms with E-state index in [1.165, 1.54) is 24.3 Å². The van der Waals surface area contributed by atoms with Crippen molar-refractivity contribution in [1.82, 2.24) is 5.32 Å². The second-order valence-corrected chi connectivity index (χ2v) is 10.3. The third kappa shape index (κ3) is 9.13.